The number of rotatable bonds is 3. The number of carbonyl (C=O) groups is 2. The van der Waals surface area contributed by atoms with Crippen LogP contribution in [-0.4, -0.2) is 12.2 Å². The van der Waals surface area contributed by atoms with Crippen LogP contribution in [-0.2, 0) is 0 Å². The largest absolute Gasteiger partial charge is 0.322 e. The Morgan fingerprint density at radius 3 is 2.58 bits per heavy atom. The summed E-state index contributed by atoms with van der Waals surface area (Å²) in [6, 6.07) is 12.1. The fraction of sp³-hybridized carbons (Fsp3) is 0.0667. The van der Waals surface area contributed by atoms with Crippen LogP contribution >= 0.6 is 11.6 Å². The van der Waals surface area contributed by atoms with Gasteiger partial charge in [-0.15, -0.1) is 0 Å². The van der Waals surface area contributed by atoms with E-state index >= 15 is 0 Å². The van der Waals surface area contributed by atoms with Crippen molar-refractivity contribution in [2.45, 2.75) is 6.92 Å². The third-order valence-electron chi connectivity index (χ3n) is 2.77. The molecule has 1 N–H and O–H groups in total. The van der Waals surface area contributed by atoms with Crippen molar-refractivity contribution < 1.29 is 9.59 Å². The lowest BCUT2D eigenvalue weighted by atomic mass is 10.1. The van der Waals surface area contributed by atoms with E-state index in [1.165, 1.54) is 0 Å². The van der Waals surface area contributed by atoms with Crippen LogP contribution in [0.4, 0.5) is 5.69 Å². The minimum atomic E-state index is -0.201. The van der Waals surface area contributed by atoms with Gasteiger partial charge in [0.15, 0.2) is 6.29 Å². The summed E-state index contributed by atoms with van der Waals surface area (Å²) in [5.41, 5.74) is 2.47. The van der Waals surface area contributed by atoms with Gasteiger partial charge in [-0.1, -0.05) is 29.8 Å². The minimum absolute atomic E-state index is 0.201. The molecule has 2 aromatic carbocycles. The first-order valence-corrected chi connectivity index (χ1v) is 6.11. The van der Waals surface area contributed by atoms with E-state index in [1.54, 1.807) is 24.3 Å². The lowest BCUT2D eigenvalue weighted by molar-refractivity contribution is 0.102. The molecule has 19 heavy (non-hydrogen) atoms. The first kappa shape index (κ1) is 13.3. The molecule has 0 heterocycles. The predicted octanol–water partition coefficient (Wildman–Crippen LogP) is 3.71. The molecule has 0 aliphatic carbocycles. The monoisotopic (exact) mass is 273 g/mol. The van der Waals surface area contributed by atoms with Gasteiger partial charge in [0.2, 0.25) is 0 Å². The number of nitrogens with one attached hydrogen (secondary N) is 1. The average molecular weight is 274 g/mol. The smallest absolute Gasteiger partial charge is 0.255 e. The highest BCUT2D eigenvalue weighted by Crippen LogP contribution is 2.20. The van der Waals surface area contributed by atoms with Gasteiger partial charge in [0.1, 0.15) is 0 Å². The molecule has 0 aromatic heterocycles. The molecule has 0 saturated carbocycles. The second-order valence-electron chi connectivity index (χ2n) is 4.12. The summed E-state index contributed by atoms with van der Waals surface area (Å²) in [5.74, 6) is -0.201. The lowest BCUT2D eigenvalue weighted by Gasteiger charge is -2.08. The van der Waals surface area contributed by atoms with Gasteiger partial charge >= 0.3 is 0 Å². The molecule has 0 radical (unpaired) electrons. The highest BCUT2D eigenvalue weighted by molar-refractivity contribution is 6.33. The summed E-state index contributed by atoms with van der Waals surface area (Å²) in [7, 11) is 0. The predicted molar refractivity (Wildman–Crippen MR) is 76.0 cm³/mol. The van der Waals surface area contributed by atoms with Gasteiger partial charge in [-0.25, -0.2) is 0 Å². The van der Waals surface area contributed by atoms with Crippen molar-refractivity contribution in [1.82, 2.24) is 0 Å². The molecular formula is C15H12ClNO2. The van der Waals surface area contributed by atoms with Crippen LogP contribution in [0.2, 0.25) is 5.02 Å². The number of hydrogen-bond acceptors (Lipinski definition) is 2. The van der Waals surface area contributed by atoms with E-state index in [0.29, 0.717) is 28.1 Å². The molecule has 0 spiro atoms. The number of aldehydes is 1. The topological polar surface area (TPSA) is 46.2 Å². The maximum absolute atomic E-state index is 12.1. The molecular weight excluding hydrogens is 262 g/mol. The van der Waals surface area contributed by atoms with Gasteiger partial charge < -0.3 is 5.32 Å². The molecule has 0 bridgehead atoms. The van der Waals surface area contributed by atoms with Crippen LogP contribution in [0.1, 0.15) is 26.3 Å². The molecule has 0 fully saturated rings. The SMILES string of the molecule is Cc1ccccc1C(=O)Nc1ccc(C=O)c(Cl)c1. The van der Waals surface area contributed by atoms with Crippen molar-refractivity contribution in [3.8, 4) is 0 Å². The Morgan fingerprint density at radius 1 is 1.21 bits per heavy atom. The Morgan fingerprint density at radius 2 is 1.95 bits per heavy atom. The number of hydrogen-bond donors (Lipinski definition) is 1. The van der Waals surface area contributed by atoms with Crippen LogP contribution in [0.5, 0.6) is 0 Å². The summed E-state index contributed by atoms with van der Waals surface area (Å²) >= 11 is 5.91. The zero-order chi connectivity index (χ0) is 13.8. The summed E-state index contributed by atoms with van der Waals surface area (Å²) in [4.78, 5) is 22.7. The van der Waals surface area contributed by atoms with Crippen LogP contribution < -0.4 is 5.32 Å². The number of aryl methyl sites for hydroxylation is 1. The molecule has 2 aromatic rings. The number of halogens is 1. The van der Waals surface area contributed by atoms with Gasteiger partial charge in [-0.05, 0) is 36.8 Å². The molecule has 0 aliphatic rings. The number of anilines is 1. The van der Waals surface area contributed by atoms with Gasteiger partial charge in [0.05, 0.1) is 5.02 Å². The molecule has 0 unspecified atom stereocenters. The van der Waals surface area contributed by atoms with Gasteiger partial charge in [0, 0.05) is 16.8 Å². The lowest BCUT2D eigenvalue weighted by Crippen LogP contribution is -2.13. The molecule has 0 saturated heterocycles. The van der Waals surface area contributed by atoms with Gasteiger partial charge in [-0.2, -0.15) is 0 Å². The van der Waals surface area contributed by atoms with Crippen molar-refractivity contribution in [3.05, 3.63) is 64.2 Å². The summed E-state index contributed by atoms with van der Waals surface area (Å²) in [5, 5.41) is 3.07. The molecule has 96 valence electrons. The molecule has 2 rings (SSSR count). The quantitative estimate of drug-likeness (QED) is 0.867. The number of carbonyl (C=O) groups excluding carboxylic acids is 2. The van der Waals surface area contributed by atoms with Gasteiger partial charge in [0.25, 0.3) is 5.91 Å². The van der Waals surface area contributed by atoms with Crippen LogP contribution in [0, 0.1) is 6.92 Å². The van der Waals surface area contributed by atoms with Crippen molar-refractivity contribution in [1.29, 1.82) is 0 Å². The molecule has 0 atom stereocenters. The average Bonchev–Trinajstić information content (AvgIpc) is 2.39. The van der Waals surface area contributed by atoms with Crippen LogP contribution in [0.3, 0.4) is 0 Å². The van der Waals surface area contributed by atoms with Crippen LogP contribution in [0.25, 0.3) is 0 Å². The third kappa shape index (κ3) is 3.01. The summed E-state index contributed by atoms with van der Waals surface area (Å²) < 4.78 is 0. The first-order chi connectivity index (χ1) is 9.11. The van der Waals surface area contributed by atoms with Crippen molar-refractivity contribution in [2.75, 3.05) is 5.32 Å². The summed E-state index contributed by atoms with van der Waals surface area (Å²) in [6.45, 7) is 1.87. The molecule has 4 heteroatoms. The standard InChI is InChI=1S/C15H12ClNO2/c1-10-4-2-3-5-13(10)15(19)17-12-7-6-11(9-18)14(16)8-12/h2-9H,1H3,(H,17,19). The fourth-order valence-corrected chi connectivity index (χ4v) is 1.95. The fourth-order valence-electron chi connectivity index (χ4n) is 1.73. The molecule has 1 amide bonds. The van der Waals surface area contributed by atoms with E-state index in [1.807, 2.05) is 25.1 Å². The zero-order valence-electron chi connectivity index (χ0n) is 10.3. The third-order valence-corrected chi connectivity index (χ3v) is 3.10. The van der Waals surface area contributed by atoms with E-state index in [-0.39, 0.29) is 5.91 Å². The first-order valence-electron chi connectivity index (χ1n) is 5.73. The Kier molecular flexibility index (Phi) is 3.97. The van der Waals surface area contributed by atoms with E-state index in [0.717, 1.165) is 5.56 Å². The highest BCUT2D eigenvalue weighted by Gasteiger charge is 2.09. The highest BCUT2D eigenvalue weighted by atomic mass is 35.5. The maximum Gasteiger partial charge on any atom is 0.255 e. The number of amides is 1. The zero-order valence-corrected chi connectivity index (χ0v) is 11.1. The van der Waals surface area contributed by atoms with E-state index < -0.39 is 0 Å². The molecule has 3 nitrogen and oxygen atoms in total. The van der Waals surface area contributed by atoms with Crippen molar-refractivity contribution >= 4 is 29.5 Å². The van der Waals surface area contributed by atoms with E-state index in [4.69, 9.17) is 11.6 Å². The van der Waals surface area contributed by atoms with E-state index in [9.17, 15) is 9.59 Å². The Bertz CT molecular complexity index is 638. The maximum atomic E-state index is 12.1. The van der Waals surface area contributed by atoms with Gasteiger partial charge in [-0.3, -0.25) is 9.59 Å². The second-order valence-corrected chi connectivity index (χ2v) is 4.53. The minimum Gasteiger partial charge on any atom is -0.322 e. The van der Waals surface area contributed by atoms with E-state index in [2.05, 4.69) is 5.32 Å². The normalized spacial score (nSPS) is 10.0. The van der Waals surface area contributed by atoms with Crippen molar-refractivity contribution in [3.63, 3.8) is 0 Å². The molecule has 0 aliphatic heterocycles. The second kappa shape index (κ2) is 5.67. The van der Waals surface area contributed by atoms with Crippen molar-refractivity contribution in [2.24, 2.45) is 0 Å². The Hall–Kier alpha value is -2.13. The summed E-state index contributed by atoms with van der Waals surface area (Å²) in [6.07, 6.45) is 0.676. The Balaban J connectivity index is 2.22. The number of benzene rings is 2. The Labute approximate surface area is 116 Å². The van der Waals surface area contributed by atoms with Crippen LogP contribution in [0.15, 0.2) is 42.5 Å².